The van der Waals surface area contributed by atoms with Crippen LogP contribution < -0.4 is 30.6 Å². The minimum absolute atomic E-state index is 0.207. The Morgan fingerprint density at radius 3 is 2.62 bits per heavy atom. The molecule has 156 valence electrons. The first-order valence-electron chi connectivity index (χ1n) is 9.80. The number of hydrogen-bond acceptors (Lipinski definition) is 6. The molecule has 1 saturated heterocycles. The van der Waals surface area contributed by atoms with Crippen LogP contribution in [0.4, 0.5) is 0 Å². The van der Waals surface area contributed by atoms with Crippen LogP contribution in [0.15, 0.2) is 42.5 Å². The number of carbonyl (C=O) groups is 1. The fourth-order valence-corrected chi connectivity index (χ4v) is 3.70. The smallest absolute Gasteiger partial charge is 0.255 e. The van der Waals surface area contributed by atoms with Gasteiger partial charge in [-0.1, -0.05) is 30.3 Å². The number of hydrogen-bond donors (Lipinski definition) is 3. The second-order valence-electron chi connectivity index (χ2n) is 7.03. The van der Waals surface area contributed by atoms with Crippen molar-refractivity contribution in [3.63, 3.8) is 0 Å². The first kappa shape index (κ1) is 21.0. The molecule has 2 aromatic carbocycles. The molecule has 7 nitrogen and oxygen atoms in total. The summed E-state index contributed by atoms with van der Waals surface area (Å²) in [6.45, 7) is 1.31. The molecule has 2 aromatic rings. The van der Waals surface area contributed by atoms with Crippen LogP contribution in [0.1, 0.15) is 30.0 Å². The Morgan fingerprint density at radius 1 is 1.17 bits per heavy atom. The molecule has 0 unspecified atom stereocenters. The van der Waals surface area contributed by atoms with Gasteiger partial charge in [0.05, 0.1) is 19.8 Å². The lowest BCUT2D eigenvalue weighted by atomic mass is 9.92. The van der Waals surface area contributed by atoms with Gasteiger partial charge in [-0.05, 0) is 24.9 Å². The highest BCUT2D eigenvalue weighted by Crippen LogP contribution is 2.35. The van der Waals surface area contributed by atoms with Crippen molar-refractivity contribution >= 4 is 5.91 Å². The van der Waals surface area contributed by atoms with Crippen molar-refractivity contribution in [3.8, 4) is 17.2 Å². The SMILES string of the molecule is COc1cc(OC)c(CN[C@H]2CCCN[C@H]2c2ccccc2)c(OCC(N)=O)c1. The summed E-state index contributed by atoms with van der Waals surface area (Å²) in [7, 11) is 3.17. The van der Waals surface area contributed by atoms with Crippen LogP contribution in [-0.4, -0.2) is 39.3 Å². The molecule has 7 heteroatoms. The summed E-state index contributed by atoms with van der Waals surface area (Å²) in [4.78, 5) is 11.2. The molecular formula is C22H29N3O4. The van der Waals surface area contributed by atoms with Crippen LogP contribution in [0.5, 0.6) is 17.2 Å². The van der Waals surface area contributed by atoms with Crippen LogP contribution in [0.3, 0.4) is 0 Å². The van der Waals surface area contributed by atoms with Gasteiger partial charge in [0.1, 0.15) is 17.2 Å². The zero-order chi connectivity index (χ0) is 20.6. The topological polar surface area (TPSA) is 94.8 Å². The predicted molar refractivity (Wildman–Crippen MR) is 111 cm³/mol. The summed E-state index contributed by atoms with van der Waals surface area (Å²) in [5.41, 5.74) is 7.34. The Kier molecular flexibility index (Phi) is 7.32. The van der Waals surface area contributed by atoms with Gasteiger partial charge in [-0.15, -0.1) is 0 Å². The van der Waals surface area contributed by atoms with Gasteiger partial charge >= 0.3 is 0 Å². The summed E-state index contributed by atoms with van der Waals surface area (Å²) in [6.07, 6.45) is 2.16. The van der Waals surface area contributed by atoms with Gasteiger partial charge in [0.2, 0.25) is 0 Å². The number of ether oxygens (including phenoxy) is 3. The van der Waals surface area contributed by atoms with Gasteiger partial charge in [-0.3, -0.25) is 4.79 Å². The van der Waals surface area contributed by atoms with Crippen LogP contribution >= 0.6 is 0 Å². The zero-order valence-corrected chi connectivity index (χ0v) is 16.9. The molecule has 0 spiro atoms. The van der Waals surface area contributed by atoms with Crippen LogP contribution in [0.25, 0.3) is 0 Å². The van der Waals surface area contributed by atoms with E-state index >= 15 is 0 Å². The zero-order valence-electron chi connectivity index (χ0n) is 16.9. The Hall–Kier alpha value is -2.77. The molecule has 1 fully saturated rings. The summed E-state index contributed by atoms with van der Waals surface area (Å²) in [6, 6.07) is 14.5. The van der Waals surface area contributed by atoms with Crippen LogP contribution in [0, 0.1) is 0 Å². The van der Waals surface area contributed by atoms with E-state index in [0.29, 0.717) is 23.8 Å². The van der Waals surface area contributed by atoms with Crippen molar-refractivity contribution in [2.75, 3.05) is 27.4 Å². The lowest BCUT2D eigenvalue weighted by Gasteiger charge is -2.34. The first-order chi connectivity index (χ1) is 14.1. The van der Waals surface area contributed by atoms with Gasteiger partial charge in [0, 0.05) is 30.8 Å². The second-order valence-corrected chi connectivity index (χ2v) is 7.03. The average Bonchev–Trinajstić information content (AvgIpc) is 2.76. The summed E-state index contributed by atoms with van der Waals surface area (Å²) >= 11 is 0. The number of benzene rings is 2. The number of nitrogens with two attached hydrogens (primary N) is 1. The van der Waals surface area contributed by atoms with E-state index in [-0.39, 0.29) is 18.7 Å². The number of rotatable bonds is 9. The standard InChI is InChI=1S/C22H29N3O4/c1-27-16-11-19(28-2)17(20(12-16)29-14-21(23)26)13-25-18-9-6-10-24-22(18)15-7-4-3-5-8-15/h3-5,7-8,11-12,18,22,24-25H,6,9-10,13-14H2,1-2H3,(H2,23,26)/t18-,22-/m0/s1. The minimum atomic E-state index is -0.536. The number of piperidine rings is 1. The number of amides is 1. The third-order valence-electron chi connectivity index (χ3n) is 5.13. The second kappa shape index (κ2) is 10.1. The van der Waals surface area contributed by atoms with Crippen LogP contribution in [0.2, 0.25) is 0 Å². The molecular weight excluding hydrogens is 370 g/mol. The summed E-state index contributed by atoms with van der Waals surface area (Å²) in [5, 5.41) is 7.26. The predicted octanol–water partition coefficient (Wildman–Crippen LogP) is 2.15. The van der Waals surface area contributed by atoms with Crippen molar-refractivity contribution in [1.29, 1.82) is 0 Å². The number of methoxy groups -OCH3 is 2. The molecule has 3 rings (SSSR count). The highest BCUT2D eigenvalue weighted by molar-refractivity contribution is 5.75. The highest BCUT2D eigenvalue weighted by atomic mass is 16.5. The largest absolute Gasteiger partial charge is 0.496 e. The van der Waals surface area contributed by atoms with Gasteiger partial charge in [-0.25, -0.2) is 0 Å². The molecule has 0 bridgehead atoms. The molecule has 0 radical (unpaired) electrons. The van der Waals surface area contributed by atoms with E-state index in [1.54, 1.807) is 20.3 Å². The normalized spacial score (nSPS) is 18.8. The van der Waals surface area contributed by atoms with E-state index in [1.807, 2.05) is 12.1 Å². The fraction of sp³-hybridized carbons (Fsp3) is 0.409. The van der Waals surface area contributed by atoms with Gasteiger partial charge in [0.25, 0.3) is 5.91 Å². The molecule has 0 saturated carbocycles. The van der Waals surface area contributed by atoms with Crippen molar-refractivity contribution in [2.45, 2.75) is 31.5 Å². The number of carbonyl (C=O) groups excluding carboxylic acids is 1. The summed E-state index contributed by atoms with van der Waals surface area (Å²) in [5.74, 6) is 1.21. The van der Waals surface area contributed by atoms with Crippen molar-refractivity contribution < 1.29 is 19.0 Å². The maximum atomic E-state index is 11.2. The first-order valence-corrected chi connectivity index (χ1v) is 9.80. The van der Waals surface area contributed by atoms with Gasteiger partial charge in [0.15, 0.2) is 6.61 Å². The highest BCUT2D eigenvalue weighted by Gasteiger charge is 2.26. The maximum Gasteiger partial charge on any atom is 0.255 e. The fourth-order valence-electron chi connectivity index (χ4n) is 3.70. The maximum absolute atomic E-state index is 11.2. The molecule has 29 heavy (non-hydrogen) atoms. The molecule has 1 aliphatic rings. The third-order valence-corrected chi connectivity index (χ3v) is 5.13. The van der Waals surface area contributed by atoms with Crippen molar-refractivity contribution in [2.24, 2.45) is 5.73 Å². The number of nitrogens with one attached hydrogen (secondary N) is 2. The Morgan fingerprint density at radius 2 is 1.93 bits per heavy atom. The molecule has 1 heterocycles. The monoisotopic (exact) mass is 399 g/mol. The summed E-state index contributed by atoms with van der Waals surface area (Å²) < 4.78 is 16.5. The molecule has 0 aromatic heterocycles. The van der Waals surface area contributed by atoms with Crippen molar-refractivity contribution in [3.05, 3.63) is 53.6 Å². The van der Waals surface area contributed by atoms with E-state index in [1.165, 1.54) is 5.56 Å². The van der Waals surface area contributed by atoms with E-state index < -0.39 is 5.91 Å². The molecule has 4 N–H and O–H groups in total. The van der Waals surface area contributed by atoms with E-state index in [0.717, 1.165) is 24.9 Å². The average molecular weight is 399 g/mol. The Bertz CT molecular complexity index is 813. The van der Waals surface area contributed by atoms with Gasteiger partial charge < -0.3 is 30.6 Å². The third kappa shape index (κ3) is 5.40. The van der Waals surface area contributed by atoms with E-state index in [4.69, 9.17) is 19.9 Å². The van der Waals surface area contributed by atoms with E-state index in [2.05, 4.69) is 34.9 Å². The Balaban J connectivity index is 1.81. The van der Waals surface area contributed by atoms with E-state index in [9.17, 15) is 4.79 Å². The molecule has 2 atom stereocenters. The minimum Gasteiger partial charge on any atom is -0.496 e. The molecule has 0 aliphatic carbocycles. The van der Waals surface area contributed by atoms with Gasteiger partial charge in [-0.2, -0.15) is 0 Å². The quantitative estimate of drug-likeness (QED) is 0.598. The number of primary amides is 1. The lowest BCUT2D eigenvalue weighted by molar-refractivity contribution is -0.119. The molecule has 1 aliphatic heterocycles. The Labute approximate surface area is 171 Å². The lowest BCUT2D eigenvalue weighted by Crippen LogP contribution is -2.45. The molecule has 1 amide bonds. The van der Waals surface area contributed by atoms with Crippen LogP contribution in [-0.2, 0) is 11.3 Å². The van der Waals surface area contributed by atoms with Crippen molar-refractivity contribution in [1.82, 2.24) is 10.6 Å².